The predicted octanol–water partition coefficient (Wildman–Crippen LogP) is 2.30. The number of rotatable bonds is 6. The molecule has 0 amide bonds. The maximum absolute atomic E-state index is 13.2. The highest BCUT2D eigenvalue weighted by Gasteiger charge is 2.10. The van der Waals surface area contributed by atoms with Crippen molar-refractivity contribution in [1.82, 2.24) is 0 Å². The van der Waals surface area contributed by atoms with Crippen molar-refractivity contribution in [2.45, 2.75) is 26.2 Å². The molecule has 1 rings (SSSR count). The molecule has 0 heterocycles. The Morgan fingerprint density at radius 3 is 2.78 bits per heavy atom. The molecule has 0 unspecified atom stereocenters. The molecule has 1 aromatic carbocycles. The third kappa shape index (κ3) is 3.91. The maximum atomic E-state index is 13.2. The first-order valence-electron chi connectivity index (χ1n) is 5.86. The van der Waals surface area contributed by atoms with Crippen LogP contribution < -0.4 is 10.5 Å². The molecule has 0 aliphatic rings. The first-order valence-corrected chi connectivity index (χ1v) is 5.86. The minimum Gasteiger partial charge on any atom is -0.494 e. The smallest absolute Gasteiger partial charge is 0.305 e. The molecule has 0 saturated heterocycles. The van der Waals surface area contributed by atoms with Gasteiger partial charge in [0.15, 0.2) is 0 Å². The number of anilines is 1. The SMILES string of the molecule is CCOC(=O)CCCc1cc(F)cc(N)c1OC. The molecule has 0 fully saturated rings. The van der Waals surface area contributed by atoms with Gasteiger partial charge in [-0.15, -0.1) is 0 Å². The lowest BCUT2D eigenvalue weighted by Gasteiger charge is -2.11. The van der Waals surface area contributed by atoms with E-state index in [0.29, 0.717) is 37.2 Å². The van der Waals surface area contributed by atoms with Crippen molar-refractivity contribution in [3.63, 3.8) is 0 Å². The van der Waals surface area contributed by atoms with Crippen molar-refractivity contribution >= 4 is 11.7 Å². The summed E-state index contributed by atoms with van der Waals surface area (Å²) in [5, 5.41) is 0. The molecule has 0 saturated carbocycles. The van der Waals surface area contributed by atoms with Gasteiger partial charge in [0.25, 0.3) is 0 Å². The van der Waals surface area contributed by atoms with Crippen molar-refractivity contribution in [1.29, 1.82) is 0 Å². The van der Waals surface area contributed by atoms with Gasteiger partial charge in [-0.1, -0.05) is 0 Å². The van der Waals surface area contributed by atoms with E-state index >= 15 is 0 Å². The van der Waals surface area contributed by atoms with Crippen LogP contribution in [0, 0.1) is 5.82 Å². The van der Waals surface area contributed by atoms with E-state index in [2.05, 4.69) is 0 Å². The number of benzene rings is 1. The van der Waals surface area contributed by atoms with Gasteiger partial charge in [0.05, 0.1) is 19.4 Å². The van der Waals surface area contributed by atoms with E-state index in [-0.39, 0.29) is 11.7 Å². The van der Waals surface area contributed by atoms with E-state index in [0.717, 1.165) is 0 Å². The fourth-order valence-electron chi connectivity index (χ4n) is 1.76. The minimum atomic E-state index is -0.403. The van der Waals surface area contributed by atoms with Crippen LogP contribution in [0.3, 0.4) is 0 Å². The number of nitrogen functional groups attached to an aromatic ring is 1. The maximum Gasteiger partial charge on any atom is 0.305 e. The number of hydrogen-bond acceptors (Lipinski definition) is 4. The van der Waals surface area contributed by atoms with Crippen LogP contribution in [0.15, 0.2) is 12.1 Å². The Morgan fingerprint density at radius 1 is 1.44 bits per heavy atom. The van der Waals surface area contributed by atoms with E-state index < -0.39 is 5.82 Å². The normalized spacial score (nSPS) is 10.2. The van der Waals surface area contributed by atoms with Gasteiger partial charge in [0.1, 0.15) is 11.6 Å². The number of methoxy groups -OCH3 is 1. The van der Waals surface area contributed by atoms with Crippen LogP contribution in [0.25, 0.3) is 0 Å². The predicted molar refractivity (Wildman–Crippen MR) is 66.9 cm³/mol. The van der Waals surface area contributed by atoms with Crippen molar-refractivity contribution in [2.75, 3.05) is 19.5 Å². The highest BCUT2D eigenvalue weighted by Crippen LogP contribution is 2.28. The highest BCUT2D eigenvalue weighted by atomic mass is 19.1. The second-order valence-electron chi connectivity index (χ2n) is 3.85. The number of hydrogen-bond donors (Lipinski definition) is 1. The number of carbonyl (C=O) groups excluding carboxylic acids is 1. The molecule has 4 nitrogen and oxygen atoms in total. The monoisotopic (exact) mass is 255 g/mol. The summed E-state index contributed by atoms with van der Waals surface area (Å²) in [4.78, 5) is 11.2. The zero-order valence-electron chi connectivity index (χ0n) is 10.7. The lowest BCUT2D eigenvalue weighted by atomic mass is 10.1. The second kappa shape index (κ2) is 6.83. The van der Waals surface area contributed by atoms with Gasteiger partial charge in [-0.2, -0.15) is 0 Å². The molecule has 5 heteroatoms. The zero-order valence-corrected chi connectivity index (χ0v) is 10.7. The van der Waals surface area contributed by atoms with Crippen LogP contribution in [0.5, 0.6) is 5.75 Å². The Hall–Kier alpha value is -1.78. The van der Waals surface area contributed by atoms with Crippen LogP contribution >= 0.6 is 0 Å². The summed E-state index contributed by atoms with van der Waals surface area (Å²) < 4.78 is 23.2. The molecule has 0 aliphatic heterocycles. The van der Waals surface area contributed by atoms with Crippen molar-refractivity contribution < 1.29 is 18.7 Å². The molecule has 0 atom stereocenters. The van der Waals surface area contributed by atoms with Gasteiger partial charge in [-0.25, -0.2) is 4.39 Å². The van der Waals surface area contributed by atoms with Gasteiger partial charge < -0.3 is 15.2 Å². The first-order chi connectivity index (χ1) is 8.58. The Bertz CT molecular complexity index is 421. The summed E-state index contributed by atoms with van der Waals surface area (Å²) in [5.74, 6) is -0.180. The van der Waals surface area contributed by atoms with Crippen molar-refractivity contribution in [2.24, 2.45) is 0 Å². The van der Waals surface area contributed by atoms with E-state index in [4.69, 9.17) is 15.2 Å². The van der Waals surface area contributed by atoms with Crippen LogP contribution in [0.2, 0.25) is 0 Å². The van der Waals surface area contributed by atoms with E-state index in [9.17, 15) is 9.18 Å². The lowest BCUT2D eigenvalue weighted by Crippen LogP contribution is -2.05. The van der Waals surface area contributed by atoms with Gasteiger partial charge in [0, 0.05) is 12.5 Å². The molecule has 1 aromatic rings. The highest BCUT2D eigenvalue weighted by molar-refractivity contribution is 5.69. The van der Waals surface area contributed by atoms with Crippen molar-refractivity contribution in [3.8, 4) is 5.75 Å². The molecule has 2 N–H and O–H groups in total. The standard InChI is InChI=1S/C13H18FNO3/c1-3-18-12(16)6-4-5-9-7-10(14)8-11(15)13(9)17-2/h7-8H,3-6,15H2,1-2H3. The summed E-state index contributed by atoms with van der Waals surface area (Å²) in [6, 6.07) is 2.59. The minimum absolute atomic E-state index is 0.249. The average molecular weight is 255 g/mol. The number of esters is 1. The Balaban J connectivity index is 2.64. The largest absolute Gasteiger partial charge is 0.494 e. The van der Waals surface area contributed by atoms with Gasteiger partial charge in [0.2, 0.25) is 0 Å². The van der Waals surface area contributed by atoms with Gasteiger partial charge in [-0.05, 0) is 31.4 Å². The van der Waals surface area contributed by atoms with Crippen LogP contribution in [0.4, 0.5) is 10.1 Å². The molecule has 0 radical (unpaired) electrons. The molecule has 0 aliphatic carbocycles. The Labute approximate surface area is 106 Å². The molecule has 100 valence electrons. The Morgan fingerprint density at radius 2 is 2.17 bits per heavy atom. The molecule has 0 bridgehead atoms. The second-order valence-corrected chi connectivity index (χ2v) is 3.85. The quantitative estimate of drug-likeness (QED) is 0.626. The summed E-state index contributed by atoms with van der Waals surface area (Å²) in [7, 11) is 1.48. The summed E-state index contributed by atoms with van der Waals surface area (Å²) in [5.41, 5.74) is 6.59. The summed E-state index contributed by atoms with van der Waals surface area (Å²) in [6.45, 7) is 2.13. The zero-order chi connectivity index (χ0) is 13.5. The van der Waals surface area contributed by atoms with E-state index in [1.54, 1.807) is 6.92 Å². The number of halogens is 1. The van der Waals surface area contributed by atoms with Crippen molar-refractivity contribution in [3.05, 3.63) is 23.5 Å². The van der Waals surface area contributed by atoms with Crippen LogP contribution in [-0.2, 0) is 16.0 Å². The van der Waals surface area contributed by atoms with Gasteiger partial charge >= 0.3 is 5.97 Å². The first kappa shape index (κ1) is 14.3. The van der Waals surface area contributed by atoms with E-state index in [1.165, 1.54) is 19.2 Å². The third-order valence-corrected chi connectivity index (χ3v) is 2.50. The number of ether oxygens (including phenoxy) is 2. The summed E-state index contributed by atoms with van der Waals surface area (Å²) >= 11 is 0. The van der Waals surface area contributed by atoms with Crippen LogP contribution in [-0.4, -0.2) is 19.7 Å². The molecule has 18 heavy (non-hydrogen) atoms. The molecular formula is C13H18FNO3. The van der Waals surface area contributed by atoms with E-state index in [1.807, 2.05) is 0 Å². The molecule has 0 spiro atoms. The number of nitrogens with two attached hydrogens (primary N) is 1. The topological polar surface area (TPSA) is 61.5 Å². The number of aryl methyl sites for hydroxylation is 1. The fourth-order valence-corrected chi connectivity index (χ4v) is 1.76. The molecular weight excluding hydrogens is 237 g/mol. The average Bonchev–Trinajstić information content (AvgIpc) is 2.28. The number of carbonyl (C=O) groups is 1. The third-order valence-electron chi connectivity index (χ3n) is 2.50. The summed E-state index contributed by atoms with van der Waals surface area (Å²) in [6.07, 6.45) is 1.38. The van der Waals surface area contributed by atoms with Crippen LogP contribution in [0.1, 0.15) is 25.3 Å². The fraction of sp³-hybridized carbons (Fsp3) is 0.462. The van der Waals surface area contributed by atoms with Gasteiger partial charge in [-0.3, -0.25) is 4.79 Å². The molecule has 0 aromatic heterocycles. The lowest BCUT2D eigenvalue weighted by molar-refractivity contribution is -0.143. The Kier molecular flexibility index (Phi) is 5.42.